The summed E-state index contributed by atoms with van der Waals surface area (Å²) in [4.78, 5) is 45.3. The molecule has 45 heavy (non-hydrogen) atoms. The summed E-state index contributed by atoms with van der Waals surface area (Å²) in [6, 6.07) is 17.1. The molecule has 3 aromatic rings. The number of benzene rings is 2. The standard InChI is InChI=1S/C37H47N3O5/c1-3-5-7-16-29(21-27-14-8-6-9-15-27)37(44)45-26-31(22-30-24-38-34-19-11-10-18-33(30)34)39-36(43)28(13-4-2)23-35(42)40-20-12-17-32(40)25-41/h3-4,6,8-11,14-15,18-19,24,28-29,31-32,38,41H,1-2,5,7,12-13,16-17,20-23,25-26H2,(H,39,43). The number of rotatable bonds is 18. The summed E-state index contributed by atoms with van der Waals surface area (Å²) >= 11 is 0. The van der Waals surface area contributed by atoms with Crippen molar-refractivity contribution >= 4 is 28.7 Å². The number of hydrogen-bond donors (Lipinski definition) is 3. The second kappa shape index (κ2) is 17.4. The highest BCUT2D eigenvalue weighted by molar-refractivity contribution is 5.87. The molecule has 2 aromatic carbocycles. The fourth-order valence-corrected chi connectivity index (χ4v) is 6.21. The Morgan fingerprint density at radius 1 is 1.04 bits per heavy atom. The number of H-pyrrole nitrogens is 1. The molecule has 0 bridgehead atoms. The van der Waals surface area contributed by atoms with Gasteiger partial charge in [-0.25, -0.2) is 0 Å². The number of nitrogens with zero attached hydrogens (tertiary/aromatic N) is 1. The average molecular weight is 614 g/mol. The fourth-order valence-electron chi connectivity index (χ4n) is 6.21. The predicted octanol–water partition coefficient (Wildman–Crippen LogP) is 5.52. The number of aliphatic hydroxyl groups excluding tert-OH is 1. The van der Waals surface area contributed by atoms with Gasteiger partial charge < -0.3 is 25.0 Å². The molecule has 0 aliphatic carbocycles. The van der Waals surface area contributed by atoms with Gasteiger partial charge in [-0.2, -0.15) is 0 Å². The number of unbranched alkanes of at least 4 members (excludes halogenated alkanes) is 1. The molecule has 2 amide bonds. The number of hydrogen-bond acceptors (Lipinski definition) is 5. The van der Waals surface area contributed by atoms with Crippen molar-refractivity contribution in [2.24, 2.45) is 11.8 Å². The van der Waals surface area contributed by atoms with Crippen molar-refractivity contribution in [1.29, 1.82) is 0 Å². The van der Waals surface area contributed by atoms with Crippen molar-refractivity contribution in [1.82, 2.24) is 15.2 Å². The largest absolute Gasteiger partial charge is 0.463 e. The number of carbonyl (C=O) groups is 3. The summed E-state index contributed by atoms with van der Waals surface area (Å²) in [6.45, 7) is 8.13. The van der Waals surface area contributed by atoms with Crippen molar-refractivity contribution in [3.05, 3.63) is 97.2 Å². The summed E-state index contributed by atoms with van der Waals surface area (Å²) in [5.74, 6) is -1.65. The van der Waals surface area contributed by atoms with E-state index in [0.29, 0.717) is 32.2 Å². The topological polar surface area (TPSA) is 112 Å². The molecule has 240 valence electrons. The number of amides is 2. The summed E-state index contributed by atoms with van der Waals surface area (Å²) in [6.07, 6.45) is 10.7. The van der Waals surface area contributed by atoms with E-state index in [1.807, 2.05) is 66.9 Å². The van der Waals surface area contributed by atoms with E-state index in [2.05, 4.69) is 23.5 Å². The van der Waals surface area contributed by atoms with E-state index >= 15 is 0 Å². The lowest BCUT2D eigenvalue weighted by Gasteiger charge is -2.26. The maximum Gasteiger partial charge on any atom is 0.309 e. The molecule has 1 fully saturated rings. The van der Waals surface area contributed by atoms with Crippen LogP contribution in [0.3, 0.4) is 0 Å². The summed E-state index contributed by atoms with van der Waals surface area (Å²) in [5.41, 5.74) is 3.05. The lowest BCUT2D eigenvalue weighted by molar-refractivity contribution is -0.150. The molecule has 4 unspecified atom stereocenters. The van der Waals surface area contributed by atoms with Crippen molar-refractivity contribution < 1.29 is 24.2 Å². The number of fused-ring (bicyclic) bond motifs is 1. The number of allylic oxidation sites excluding steroid dienone is 2. The minimum atomic E-state index is -0.624. The van der Waals surface area contributed by atoms with E-state index < -0.39 is 12.0 Å². The van der Waals surface area contributed by atoms with Crippen LogP contribution in [0.1, 0.15) is 56.1 Å². The zero-order valence-corrected chi connectivity index (χ0v) is 26.2. The van der Waals surface area contributed by atoms with E-state index in [4.69, 9.17) is 4.74 Å². The van der Waals surface area contributed by atoms with Crippen LogP contribution in [0.4, 0.5) is 0 Å². The molecule has 3 N–H and O–H groups in total. The van der Waals surface area contributed by atoms with Crippen LogP contribution in [0.5, 0.6) is 0 Å². The molecular weight excluding hydrogens is 566 g/mol. The highest BCUT2D eigenvalue weighted by Crippen LogP contribution is 2.23. The Morgan fingerprint density at radius 2 is 1.82 bits per heavy atom. The first kappa shape index (κ1) is 33.7. The number of ether oxygens (including phenoxy) is 1. The first-order valence-corrected chi connectivity index (χ1v) is 16.1. The number of nitrogens with one attached hydrogen (secondary N) is 2. The Balaban J connectivity index is 1.48. The molecule has 1 aliphatic heterocycles. The zero-order chi connectivity index (χ0) is 32.0. The summed E-state index contributed by atoms with van der Waals surface area (Å²) in [5, 5.41) is 13.8. The number of para-hydroxylation sites is 1. The molecule has 1 aromatic heterocycles. The van der Waals surface area contributed by atoms with Crippen LogP contribution in [0.2, 0.25) is 0 Å². The van der Waals surface area contributed by atoms with Gasteiger partial charge in [0.25, 0.3) is 0 Å². The van der Waals surface area contributed by atoms with Gasteiger partial charge >= 0.3 is 5.97 Å². The van der Waals surface area contributed by atoms with Crippen LogP contribution in [0.15, 0.2) is 86.1 Å². The van der Waals surface area contributed by atoms with Gasteiger partial charge in [-0.05, 0) is 68.6 Å². The fraction of sp³-hybridized carbons (Fsp3) is 0.432. The molecule has 4 rings (SSSR count). The molecule has 0 saturated carbocycles. The number of carbonyl (C=O) groups excluding carboxylic acids is 3. The number of esters is 1. The van der Waals surface area contributed by atoms with Crippen LogP contribution in [0, 0.1) is 11.8 Å². The van der Waals surface area contributed by atoms with Crippen LogP contribution < -0.4 is 5.32 Å². The number of aromatic amines is 1. The van der Waals surface area contributed by atoms with Gasteiger partial charge in [-0.1, -0.05) is 60.7 Å². The molecular formula is C37H47N3O5. The Hall–Kier alpha value is -4.17. The maximum absolute atomic E-state index is 13.7. The maximum atomic E-state index is 13.7. The first-order chi connectivity index (χ1) is 21.9. The molecule has 8 nitrogen and oxygen atoms in total. The number of aliphatic hydroxyl groups is 1. The van der Waals surface area contributed by atoms with E-state index in [1.54, 1.807) is 11.0 Å². The van der Waals surface area contributed by atoms with Gasteiger partial charge in [0.1, 0.15) is 6.61 Å². The third kappa shape index (κ3) is 9.66. The third-order valence-electron chi connectivity index (χ3n) is 8.68. The summed E-state index contributed by atoms with van der Waals surface area (Å²) in [7, 11) is 0. The summed E-state index contributed by atoms with van der Waals surface area (Å²) < 4.78 is 5.95. The Morgan fingerprint density at radius 3 is 2.58 bits per heavy atom. The van der Waals surface area contributed by atoms with E-state index in [1.165, 1.54) is 0 Å². The van der Waals surface area contributed by atoms with E-state index in [0.717, 1.165) is 47.7 Å². The van der Waals surface area contributed by atoms with Gasteiger partial charge in [0.2, 0.25) is 11.8 Å². The predicted molar refractivity (Wildman–Crippen MR) is 177 cm³/mol. The SMILES string of the molecule is C=CCCCC(Cc1ccccc1)C(=O)OCC(Cc1c[nH]c2ccccc12)NC(=O)C(CC=C)CC(=O)N1CCCC1CO. The highest BCUT2D eigenvalue weighted by Gasteiger charge is 2.32. The molecule has 2 heterocycles. The lowest BCUT2D eigenvalue weighted by Crippen LogP contribution is -2.45. The van der Waals surface area contributed by atoms with Crippen LogP contribution >= 0.6 is 0 Å². The second-order valence-electron chi connectivity index (χ2n) is 12.0. The Labute approximate surface area is 266 Å². The average Bonchev–Trinajstić information content (AvgIpc) is 3.71. The smallest absolute Gasteiger partial charge is 0.309 e. The highest BCUT2D eigenvalue weighted by atomic mass is 16.5. The van der Waals surface area contributed by atoms with Crippen molar-refractivity contribution in [3.8, 4) is 0 Å². The quantitative estimate of drug-likeness (QED) is 0.0994. The van der Waals surface area contributed by atoms with Gasteiger partial charge in [0.05, 0.1) is 30.5 Å². The van der Waals surface area contributed by atoms with Gasteiger partial charge in [0.15, 0.2) is 0 Å². The van der Waals surface area contributed by atoms with E-state index in [9.17, 15) is 19.5 Å². The van der Waals surface area contributed by atoms with Gasteiger partial charge in [-0.15, -0.1) is 13.2 Å². The Kier molecular flexibility index (Phi) is 13.0. The van der Waals surface area contributed by atoms with E-state index in [-0.39, 0.29) is 49.4 Å². The van der Waals surface area contributed by atoms with Crippen molar-refractivity contribution in [2.75, 3.05) is 19.8 Å². The lowest BCUT2D eigenvalue weighted by atomic mass is 9.94. The molecule has 1 saturated heterocycles. The molecule has 4 atom stereocenters. The van der Waals surface area contributed by atoms with Crippen LogP contribution in [0.25, 0.3) is 10.9 Å². The van der Waals surface area contributed by atoms with Gasteiger partial charge in [0, 0.05) is 30.1 Å². The monoisotopic (exact) mass is 613 g/mol. The third-order valence-corrected chi connectivity index (χ3v) is 8.68. The first-order valence-electron chi connectivity index (χ1n) is 16.1. The minimum absolute atomic E-state index is 0.00426. The normalized spacial score (nSPS) is 16.6. The molecule has 0 radical (unpaired) electrons. The second-order valence-corrected chi connectivity index (χ2v) is 12.0. The van der Waals surface area contributed by atoms with Crippen molar-refractivity contribution in [2.45, 2.75) is 69.9 Å². The number of likely N-dealkylation sites (tertiary alicyclic amines) is 1. The number of aromatic nitrogens is 1. The van der Waals surface area contributed by atoms with Gasteiger partial charge in [-0.3, -0.25) is 14.4 Å². The minimum Gasteiger partial charge on any atom is -0.463 e. The molecule has 8 heteroatoms. The Bertz CT molecular complexity index is 1420. The van der Waals surface area contributed by atoms with Crippen LogP contribution in [-0.2, 0) is 32.0 Å². The van der Waals surface area contributed by atoms with Crippen LogP contribution in [-0.4, -0.2) is 64.6 Å². The molecule has 0 spiro atoms. The molecule has 1 aliphatic rings. The zero-order valence-electron chi connectivity index (χ0n) is 26.2. The van der Waals surface area contributed by atoms with Crippen molar-refractivity contribution in [3.63, 3.8) is 0 Å².